The van der Waals surface area contributed by atoms with Crippen LogP contribution in [0.25, 0.3) is 0 Å². The zero-order valence-electron chi connectivity index (χ0n) is 11.8. The van der Waals surface area contributed by atoms with E-state index in [2.05, 4.69) is 15.3 Å². The molecule has 0 saturated carbocycles. The summed E-state index contributed by atoms with van der Waals surface area (Å²) in [4.78, 5) is 33.5. The molecule has 7 heteroatoms. The number of aliphatic carboxylic acids is 1. The number of nitrogens with zero attached hydrogens (tertiary/aromatic N) is 3. The average molecular weight is 290 g/mol. The maximum atomic E-state index is 12.3. The van der Waals surface area contributed by atoms with Crippen LogP contribution in [0.1, 0.15) is 30.8 Å². The van der Waals surface area contributed by atoms with Gasteiger partial charge in [-0.15, -0.1) is 0 Å². The molecule has 2 fully saturated rings. The van der Waals surface area contributed by atoms with Gasteiger partial charge in [0.2, 0.25) is 0 Å². The number of hydrogen-bond acceptors (Lipinski definition) is 4. The van der Waals surface area contributed by atoms with Crippen LogP contribution in [-0.2, 0) is 11.3 Å². The first-order chi connectivity index (χ1) is 10.1. The van der Waals surface area contributed by atoms with Gasteiger partial charge in [-0.3, -0.25) is 4.79 Å². The van der Waals surface area contributed by atoms with Gasteiger partial charge in [0, 0.05) is 18.3 Å². The largest absolute Gasteiger partial charge is 0.481 e. The molecule has 2 aliphatic heterocycles. The van der Waals surface area contributed by atoms with E-state index in [4.69, 9.17) is 0 Å². The van der Waals surface area contributed by atoms with Gasteiger partial charge in [0.05, 0.1) is 18.2 Å². The summed E-state index contributed by atoms with van der Waals surface area (Å²) < 4.78 is 0. The molecule has 2 aliphatic rings. The smallest absolute Gasteiger partial charge is 0.318 e. The number of nitrogens with one attached hydrogen (secondary N) is 1. The normalized spacial score (nSPS) is 26.9. The molecule has 1 aromatic heterocycles. The zero-order chi connectivity index (χ0) is 15.0. The van der Waals surface area contributed by atoms with Gasteiger partial charge in [-0.05, 0) is 32.3 Å². The minimum atomic E-state index is -0.800. The summed E-state index contributed by atoms with van der Waals surface area (Å²) in [6.45, 7) is 2.12. The number of amides is 2. The predicted molar refractivity (Wildman–Crippen MR) is 73.4 cm³/mol. The molecule has 2 N–H and O–H groups in total. The highest BCUT2D eigenvalue weighted by molar-refractivity contribution is 5.79. The highest BCUT2D eigenvalue weighted by atomic mass is 16.4. The zero-order valence-corrected chi connectivity index (χ0v) is 11.8. The molecule has 2 bridgehead atoms. The van der Waals surface area contributed by atoms with Gasteiger partial charge < -0.3 is 15.3 Å². The van der Waals surface area contributed by atoms with Crippen LogP contribution in [0.3, 0.4) is 0 Å². The lowest BCUT2D eigenvalue weighted by Gasteiger charge is -2.23. The molecule has 0 aromatic carbocycles. The highest BCUT2D eigenvalue weighted by Gasteiger charge is 2.51. The molecule has 112 valence electrons. The Hall–Kier alpha value is -2.18. The van der Waals surface area contributed by atoms with Crippen molar-refractivity contribution >= 4 is 12.0 Å². The van der Waals surface area contributed by atoms with E-state index >= 15 is 0 Å². The van der Waals surface area contributed by atoms with Gasteiger partial charge in [0.25, 0.3) is 0 Å². The Morgan fingerprint density at radius 2 is 2.29 bits per heavy atom. The van der Waals surface area contributed by atoms with Crippen molar-refractivity contribution in [3.8, 4) is 0 Å². The van der Waals surface area contributed by atoms with Crippen molar-refractivity contribution in [2.24, 2.45) is 5.92 Å². The van der Waals surface area contributed by atoms with Gasteiger partial charge in [0.1, 0.15) is 5.82 Å². The van der Waals surface area contributed by atoms with Crippen LogP contribution in [0.5, 0.6) is 0 Å². The fourth-order valence-electron chi connectivity index (χ4n) is 3.43. The van der Waals surface area contributed by atoms with Crippen molar-refractivity contribution < 1.29 is 14.7 Å². The third-order valence-electron chi connectivity index (χ3n) is 4.34. The minimum Gasteiger partial charge on any atom is -0.481 e. The summed E-state index contributed by atoms with van der Waals surface area (Å²) in [6, 6.07) is 1.46. The number of aromatic nitrogens is 2. The Balaban J connectivity index is 1.63. The van der Waals surface area contributed by atoms with Gasteiger partial charge in [0.15, 0.2) is 0 Å². The SMILES string of the molecule is Cc1nccc(CNC(=O)N2C3CCC2C(C(=O)O)C3)n1. The first kappa shape index (κ1) is 13.8. The molecule has 2 amide bonds. The quantitative estimate of drug-likeness (QED) is 0.863. The molecule has 21 heavy (non-hydrogen) atoms. The summed E-state index contributed by atoms with van der Waals surface area (Å²) in [7, 11) is 0. The fourth-order valence-corrected chi connectivity index (χ4v) is 3.43. The molecule has 1 aromatic rings. The Bertz CT molecular complexity index is 577. The Labute approximate surface area is 122 Å². The van der Waals surface area contributed by atoms with Gasteiger partial charge in [-0.1, -0.05) is 0 Å². The van der Waals surface area contributed by atoms with Crippen LogP contribution < -0.4 is 5.32 Å². The van der Waals surface area contributed by atoms with Gasteiger partial charge in [-0.2, -0.15) is 0 Å². The van der Waals surface area contributed by atoms with Crippen molar-refractivity contribution in [1.29, 1.82) is 0 Å². The van der Waals surface area contributed by atoms with E-state index in [1.807, 2.05) is 0 Å². The summed E-state index contributed by atoms with van der Waals surface area (Å²) in [5, 5.41) is 12.0. The van der Waals surface area contributed by atoms with Crippen molar-refractivity contribution in [3.05, 3.63) is 23.8 Å². The highest BCUT2D eigenvalue weighted by Crippen LogP contribution is 2.41. The third-order valence-corrected chi connectivity index (χ3v) is 4.34. The number of aryl methyl sites for hydroxylation is 1. The van der Waals surface area contributed by atoms with Crippen molar-refractivity contribution in [1.82, 2.24) is 20.2 Å². The number of carbonyl (C=O) groups is 2. The number of urea groups is 1. The number of carboxylic acids is 1. The van der Waals surface area contributed by atoms with E-state index in [-0.39, 0.29) is 18.1 Å². The number of rotatable bonds is 3. The van der Waals surface area contributed by atoms with Crippen LogP contribution in [0.2, 0.25) is 0 Å². The third kappa shape index (κ3) is 2.55. The van der Waals surface area contributed by atoms with E-state index in [1.54, 1.807) is 24.1 Å². The molecule has 3 atom stereocenters. The fraction of sp³-hybridized carbons (Fsp3) is 0.571. The first-order valence-electron chi connectivity index (χ1n) is 7.13. The predicted octanol–water partition coefficient (Wildman–Crippen LogP) is 0.932. The molecule has 3 unspecified atom stereocenters. The van der Waals surface area contributed by atoms with Crippen LogP contribution >= 0.6 is 0 Å². The monoisotopic (exact) mass is 290 g/mol. The molecule has 3 heterocycles. The average Bonchev–Trinajstić information content (AvgIpc) is 3.02. The lowest BCUT2D eigenvalue weighted by molar-refractivity contribution is -0.142. The summed E-state index contributed by atoms with van der Waals surface area (Å²) in [5.41, 5.74) is 0.747. The summed E-state index contributed by atoms with van der Waals surface area (Å²) in [6.07, 6.45) is 3.90. The molecular formula is C14H18N4O3. The molecular weight excluding hydrogens is 272 g/mol. The number of hydrogen-bond donors (Lipinski definition) is 2. The van der Waals surface area contributed by atoms with Crippen molar-refractivity contribution in [2.45, 2.75) is 44.8 Å². The van der Waals surface area contributed by atoms with E-state index in [9.17, 15) is 14.7 Å². The maximum Gasteiger partial charge on any atom is 0.318 e. The van der Waals surface area contributed by atoms with E-state index in [1.165, 1.54) is 0 Å². The van der Waals surface area contributed by atoms with Crippen LogP contribution in [0.4, 0.5) is 4.79 Å². The second-order valence-corrected chi connectivity index (χ2v) is 5.64. The number of carbonyl (C=O) groups excluding carboxylic acids is 1. The lowest BCUT2D eigenvalue weighted by Crippen LogP contribution is -2.44. The Kier molecular flexibility index (Phi) is 3.48. The molecule has 0 aliphatic carbocycles. The molecule has 0 radical (unpaired) electrons. The van der Waals surface area contributed by atoms with E-state index < -0.39 is 11.9 Å². The molecule has 2 saturated heterocycles. The molecule has 0 spiro atoms. The topological polar surface area (TPSA) is 95.4 Å². The van der Waals surface area contributed by atoms with E-state index in [0.717, 1.165) is 18.5 Å². The Morgan fingerprint density at radius 3 is 2.95 bits per heavy atom. The second-order valence-electron chi connectivity index (χ2n) is 5.64. The number of fused-ring (bicyclic) bond motifs is 2. The van der Waals surface area contributed by atoms with E-state index in [0.29, 0.717) is 18.8 Å². The molecule has 7 nitrogen and oxygen atoms in total. The Morgan fingerprint density at radius 1 is 1.48 bits per heavy atom. The lowest BCUT2D eigenvalue weighted by atomic mass is 9.89. The van der Waals surface area contributed by atoms with Crippen LogP contribution in [0.15, 0.2) is 12.3 Å². The summed E-state index contributed by atoms with van der Waals surface area (Å²) >= 11 is 0. The first-order valence-corrected chi connectivity index (χ1v) is 7.13. The van der Waals surface area contributed by atoms with Gasteiger partial charge in [-0.25, -0.2) is 14.8 Å². The standard InChI is InChI=1S/C14H18N4O3/c1-8-15-5-4-9(17-8)7-16-14(21)18-10-2-3-12(18)11(6-10)13(19)20/h4-5,10-12H,2-3,6-7H2,1H3,(H,16,21)(H,19,20). The number of carboxylic acid groups (broad SMARTS) is 1. The van der Waals surface area contributed by atoms with Crippen molar-refractivity contribution in [3.63, 3.8) is 0 Å². The van der Waals surface area contributed by atoms with Gasteiger partial charge >= 0.3 is 12.0 Å². The molecule has 3 rings (SSSR count). The summed E-state index contributed by atoms with van der Waals surface area (Å²) in [5.74, 6) is -0.559. The minimum absolute atomic E-state index is 0.0586. The van der Waals surface area contributed by atoms with Crippen LogP contribution in [-0.4, -0.2) is 44.1 Å². The van der Waals surface area contributed by atoms with Crippen LogP contribution in [0, 0.1) is 12.8 Å². The second kappa shape index (κ2) is 5.31. The maximum absolute atomic E-state index is 12.3. The van der Waals surface area contributed by atoms with Crippen molar-refractivity contribution in [2.75, 3.05) is 0 Å².